The molecule has 1 heterocycles. The summed E-state index contributed by atoms with van der Waals surface area (Å²) in [7, 11) is 0. The normalized spacial score (nSPS) is 11.7. The van der Waals surface area contributed by atoms with E-state index in [1.165, 1.54) is 0 Å². The van der Waals surface area contributed by atoms with E-state index < -0.39 is 5.97 Å². The SMILES string of the molecule is CC(C)(C)CCn1cc(N)c(C(=O)O)n1. The number of aryl methyl sites for hydroxylation is 1. The number of rotatable bonds is 3. The minimum atomic E-state index is -1.08. The molecule has 0 bridgehead atoms. The van der Waals surface area contributed by atoms with Crippen LogP contribution in [0.15, 0.2) is 6.20 Å². The van der Waals surface area contributed by atoms with Crippen molar-refractivity contribution in [2.24, 2.45) is 5.41 Å². The van der Waals surface area contributed by atoms with Crippen molar-refractivity contribution in [3.63, 3.8) is 0 Å². The van der Waals surface area contributed by atoms with Crippen molar-refractivity contribution in [2.45, 2.75) is 33.7 Å². The summed E-state index contributed by atoms with van der Waals surface area (Å²) in [6.45, 7) is 7.05. The lowest BCUT2D eigenvalue weighted by atomic mass is 9.92. The number of carboxylic acids is 1. The fourth-order valence-electron chi connectivity index (χ4n) is 1.17. The van der Waals surface area contributed by atoms with Gasteiger partial charge in [-0.15, -0.1) is 0 Å². The van der Waals surface area contributed by atoms with Crippen molar-refractivity contribution in [1.82, 2.24) is 9.78 Å². The van der Waals surface area contributed by atoms with Crippen LogP contribution in [0.5, 0.6) is 0 Å². The molecule has 3 N–H and O–H groups in total. The Morgan fingerprint density at radius 1 is 1.60 bits per heavy atom. The van der Waals surface area contributed by atoms with Crippen LogP contribution in [0.3, 0.4) is 0 Å². The summed E-state index contributed by atoms with van der Waals surface area (Å²) in [5.74, 6) is -1.08. The van der Waals surface area contributed by atoms with E-state index in [9.17, 15) is 4.79 Å². The van der Waals surface area contributed by atoms with Crippen LogP contribution in [0.25, 0.3) is 0 Å². The molecule has 0 aliphatic heterocycles. The third-order valence-corrected chi connectivity index (χ3v) is 2.08. The third-order valence-electron chi connectivity index (χ3n) is 2.08. The monoisotopic (exact) mass is 211 g/mol. The maximum absolute atomic E-state index is 10.7. The zero-order valence-corrected chi connectivity index (χ0v) is 9.32. The summed E-state index contributed by atoms with van der Waals surface area (Å²) in [6, 6.07) is 0. The van der Waals surface area contributed by atoms with Gasteiger partial charge >= 0.3 is 5.97 Å². The molecule has 5 nitrogen and oxygen atoms in total. The van der Waals surface area contributed by atoms with Crippen LogP contribution in [0.2, 0.25) is 0 Å². The van der Waals surface area contributed by atoms with Crippen LogP contribution in [0.1, 0.15) is 37.7 Å². The lowest BCUT2D eigenvalue weighted by molar-refractivity contribution is 0.0690. The first-order valence-electron chi connectivity index (χ1n) is 4.86. The predicted molar refractivity (Wildman–Crippen MR) is 57.7 cm³/mol. The number of aromatic nitrogens is 2. The first-order chi connectivity index (χ1) is 6.79. The number of nitrogen functional groups attached to an aromatic ring is 1. The van der Waals surface area contributed by atoms with Gasteiger partial charge in [-0.3, -0.25) is 4.68 Å². The highest BCUT2D eigenvalue weighted by atomic mass is 16.4. The molecule has 0 saturated carbocycles. The van der Waals surface area contributed by atoms with E-state index in [2.05, 4.69) is 25.9 Å². The molecular formula is C10H17N3O2. The number of hydrogen-bond acceptors (Lipinski definition) is 3. The molecular weight excluding hydrogens is 194 g/mol. The van der Waals surface area contributed by atoms with Crippen LogP contribution in [-0.2, 0) is 6.54 Å². The van der Waals surface area contributed by atoms with Crippen molar-refractivity contribution in [3.8, 4) is 0 Å². The summed E-state index contributed by atoms with van der Waals surface area (Å²) in [5, 5.41) is 12.7. The topological polar surface area (TPSA) is 81.1 Å². The van der Waals surface area contributed by atoms with Gasteiger partial charge in [0, 0.05) is 12.7 Å². The Morgan fingerprint density at radius 3 is 2.60 bits per heavy atom. The lowest BCUT2D eigenvalue weighted by Gasteiger charge is -2.17. The van der Waals surface area contributed by atoms with Crippen LogP contribution >= 0.6 is 0 Å². The van der Waals surface area contributed by atoms with Crippen LogP contribution in [0, 0.1) is 5.41 Å². The third kappa shape index (κ3) is 3.27. The lowest BCUT2D eigenvalue weighted by Crippen LogP contribution is -2.11. The molecule has 84 valence electrons. The van der Waals surface area contributed by atoms with Gasteiger partial charge in [0.2, 0.25) is 0 Å². The quantitative estimate of drug-likeness (QED) is 0.795. The minimum absolute atomic E-state index is 0.0658. The summed E-state index contributed by atoms with van der Waals surface area (Å²) in [4.78, 5) is 10.7. The number of anilines is 1. The highest BCUT2D eigenvalue weighted by molar-refractivity contribution is 5.91. The van der Waals surface area contributed by atoms with Gasteiger partial charge in [0.25, 0.3) is 0 Å². The highest BCUT2D eigenvalue weighted by Gasteiger charge is 2.15. The molecule has 1 aromatic heterocycles. The first-order valence-corrected chi connectivity index (χ1v) is 4.86. The first kappa shape index (κ1) is 11.6. The predicted octanol–water partition coefficient (Wildman–Crippen LogP) is 1.60. The summed E-state index contributed by atoms with van der Waals surface area (Å²) in [6.07, 6.45) is 2.49. The molecule has 0 aliphatic carbocycles. The number of aromatic carboxylic acids is 1. The van der Waals surface area contributed by atoms with Gasteiger partial charge in [0.15, 0.2) is 5.69 Å². The van der Waals surface area contributed by atoms with Gasteiger partial charge in [-0.2, -0.15) is 5.10 Å². The van der Waals surface area contributed by atoms with Crippen molar-refractivity contribution in [3.05, 3.63) is 11.9 Å². The molecule has 0 atom stereocenters. The molecule has 0 unspecified atom stereocenters. The molecule has 1 rings (SSSR count). The Bertz CT molecular complexity index is 363. The summed E-state index contributed by atoms with van der Waals surface area (Å²) < 4.78 is 1.59. The molecule has 0 amide bonds. The number of nitrogens with two attached hydrogens (primary N) is 1. The number of carboxylic acid groups (broad SMARTS) is 1. The van der Waals surface area contributed by atoms with E-state index in [1.807, 2.05) is 0 Å². The Balaban J connectivity index is 2.72. The molecule has 0 fully saturated rings. The van der Waals surface area contributed by atoms with E-state index in [1.54, 1.807) is 10.9 Å². The minimum Gasteiger partial charge on any atom is -0.476 e. The van der Waals surface area contributed by atoms with Gasteiger partial charge in [0.1, 0.15) is 0 Å². The Morgan fingerprint density at radius 2 is 2.20 bits per heavy atom. The van der Waals surface area contributed by atoms with Crippen LogP contribution in [-0.4, -0.2) is 20.9 Å². The summed E-state index contributed by atoms with van der Waals surface area (Å²) >= 11 is 0. The molecule has 0 spiro atoms. The summed E-state index contributed by atoms with van der Waals surface area (Å²) in [5.41, 5.74) is 5.87. The van der Waals surface area contributed by atoms with Crippen LogP contribution in [0.4, 0.5) is 5.69 Å². The second-order valence-corrected chi connectivity index (χ2v) is 4.81. The average molecular weight is 211 g/mol. The molecule has 5 heteroatoms. The largest absolute Gasteiger partial charge is 0.476 e. The molecule has 0 radical (unpaired) electrons. The average Bonchev–Trinajstić information content (AvgIpc) is 2.42. The Hall–Kier alpha value is -1.52. The number of hydrogen-bond donors (Lipinski definition) is 2. The van der Waals surface area contributed by atoms with Crippen molar-refractivity contribution < 1.29 is 9.90 Å². The van der Waals surface area contributed by atoms with Gasteiger partial charge in [0.05, 0.1) is 5.69 Å². The van der Waals surface area contributed by atoms with E-state index in [-0.39, 0.29) is 16.8 Å². The van der Waals surface area contributed by atoms with E-state index >= 15 is 0 Å². The molecule has 15 heavy (non-hydrogen) atoms. The van der Waals surface area contributed by atoms with Crippen molar-refractivity contribution in [2.75, 3.05) is 5.73 Å². The standard InChI is InChI=1S/C10H17N3O2/c1-10(2,3)4-5-13-6-7(11)8(12-13)9(14)15/h6H,4-5,11H2,1-3H3,(H,14,15). The van der Waals surface area contributed by atoms with Gasteiger partial charge in [-0.25, -0.2) is 4.79 Å². The maximum atomic E-state index is 10.7. The zero-order valence-electron chi connectivity index (χ0n) is 9.32. The second-order valence-electron chi connectivity index (χ2n) is 4.81. The maximum Gasteiger partial charge on any atom is 0.358 e. The molecule has 0 aromatic carbocycles. The zero-order chi connectivity index (χ0) is 11.6. The van der Waals surface area contributed by atoms with Gasteiger partial charge in [-0.05, 0) is 11.8 Å². The molecule has 1 aromatic rings. The Labute approximate surface area is 88.9 Å². The molecule has 0 aliphatic rings. The highest BCUT2D eigenvalue weighted by Crippen LogP contribution is 2.20. The fourth-order valence-corrected chi connectivity index (χ4v) is 1.17. The number of nitrogens with zero attached hydrogens (tertiary/aromatic N) is 2. The Kier molecular flexibility index (Phi) is 3.02. The smallest absolute Gasteiger partial charge is 0.358 e. The van der Waals surface area contributed by atoms with E-state index in [0.717, 1.165) is 6.42 Å². The van der Waals surface area contributed by atoms with E-state index in [4.69, 9.17) is 10.8 Å². The number of carbonyl (C=O) groups is 1. The van der Waals surface area contributed by atoms with Crippen LogP contribution < -0.4 is 5.73 Å². The molecule has 0 saturated heterocycles. The fraction of sp³-hybridized carbons (Fsp3) is 0.600. The van der Waals surface area contributed by atoms with Gasteiger partial charge in [-0.1, -0.05) is 20.8 Å². The van der Waals surface area contributed by atoms with Crippen molar-refractivity contribution >= 4 is 11.7 Å². The second kappa shape index (κ2) is 3.92. The van der Waals surface area contributed by atoms with Gasteiger partial charge < -0.3 is 10.8 Å². The van der Waals surface area contributed by atoms with Crippen molar-refractivity contribution in [1.29, 1.82) is 0 Å². The van der Waals surface area contributed by atoms with E-state index in [0.29, 0.717) is 6.54 Å².